The molecule has 0 saturated heterocycles. The van der Waals surface area contributed by atoms with Gasteiger partial charge in [-0.05, 0) is 37.2 Å². The summed E-state index contributed by atoms with van der Waals surface area (Å²) in [5.41, 5.74) is 0.688. The summed E-state index contributed by atoms with van der Waals surface area (Å²) in [5.74, 6) is -0.198. The average Bonchev–Trinajstić information content (AvgIpc) is 2.27. The molecule has 0 unspecified atom stereocenters. The number of hydrogen-bond donors (Lipinski definition) is 1. The second-order valence-corrected chi connectivity index (χ2v) is 3.66. The molecule has 1 rings (SSSR count). The summed E-state index contributed by atoms with van der Waals surface area (Å²) in [6, 6.07) is 5.90. The highest BCUT2D eigenvalue weighted by Gasteiger charge is 2.30. The van der Waals surface area contributed by atoms with Gasteiger partial charge in [-0.2, -0.15) is 0 Å². The lowest BCUT2D eigenvalue weighted by atomic mass is 10.2. The third-order valence-electron chi connectivity index (χ3n) is 2.14. The molecule has 0 aromatic heterocycles. The number of rotatable bonds is 6. The summed E-state index contributed by atoms with van der Waals surface area (Å²) in [7, 11) is 0. The van der Waals surface area contributed by atoms with Gasteiger partial charge >= 0.3 is 6.36 Å². The molecule has 0 saturated carbocycles. The number of halogens is 3. The molecular formula is C13H16F3NO. The van der Waals surface area contributed by atoms with Crippen molar-refractivity contribution in [2.75, 3.05) is 13.1 Å². The fraction of sp³-hybridized carbons (Fsp3) is 0.385. The predicted octanol–water partition coefficient (Wildman–Crippen LogP) is 3.60. The van der Waals surface area contributed by atoms with Crippen molar-refractivity contribution in [3.8, 4) is 5.75 Å². The highest BCUT2D eigenvalue weighted by atomic mass is 19.4. The lowest BCUT2D eigenvalue weighted by Crippen LogP contribution is -2.17. The number of ether oxygens (including phenoxy) is 1. The number of nitrogens with one attached hydrogen (secondary N) is 1. The van der Waals surface area contributed by atoms with Crippen LogP contribution in [0.25, 0.3) is 6.08 Å². The molecule has 100 valence electrons. The molecule has 0 amide bonds. The molecule has 5 heteroatoms. The molecule has 2 nitrogen and oxygen atoms in total. The summed E-state index contributed by atoms with van der Waals surface area (Å²) in [5, 5.41) is 3.15. The van der Waals surface area contributed by atoms with Crippen LogP contribution in [0.1, 0.15) is 18.9 Å². The van der Waals surface area contributed by atoms with Crippen molar-refractivity contribution >= 4 is 6.08 Å². The molecule has 0 aliphatic heterocycles. The number of benzene rings is 1. The minimum atomic E-state index is -4.65. The van der Waals surface area contributed by atoms with Crippen molar-refractivity contribution in [2.24, 2.45) is 0 Å². The quantitative estimate of drug-likeness (QED) is 0.788. The van der Waals surface area contributed by atoms with Crippen LogP contribution >= 0.6 is 0 Å². The lowest BCUT2D eigenvalue weighted by Gasteiger charge is -2.08. The van der Waals surface area contributed by atoms with E-state index in [0.717, 1.165) is 19.5 Å². The first-order chi connectivity index (χ1) is 8.51. The smallest absolute Gasteiger partial charge is 0.406 e. The topological polar surface area (TPSA) is 21.3 Å². The molecule has 1 aromatic carbocycles. The van der Waals surface area contributed by atoms with Gasteiger partial charge in [-0.25, -0.2) is 0 Å². The fourth-order valence-electron chi connectivity index (χ4n) is 1.40. The van der Waals surface area contributed by atoms with Crippen molar-refractivity contribution < 1.29 is 17.9 Å². The van der Waals surface area contributed by atoms with E-state index in [4.69, 9.17) is 0 Å². The van der Waals surface area contributed by atoms with E-state index in [9.17, 15) is 13.2 Å². The number of hydrogen-bond acceptors (Lipinski definition) is 2. The Morgan fingerprint density at radius 3 is 2.78 bits per heavy atom. The molecule has 0 radical (unpaired) electrons. The third-order valence-corrected chi connectivity index (χ3v) is 2.14. The summed E-state index contributed by atoms with van der Waals surface area (Å²) in [4.78, 5) is 0. The third kappa shape index (κ3) is 6.30. The Balaban J connectivity index is 2.54. The Morgan fingerprint density at radius 1 is 1.33 bits per heavy atom. The number of alkyl halides is 3. The molecule has 1 aromatic rings. The molecule has 1 N–H and O–H groups in total. The van der Waals surface area contributed by atoms with E-state index >= 15 is 0 Å². The average molecular weight is 259 g/mol. The second-order valence-electron chi connectivity index (χ2n) is 3.66. The van der Waals surface area contributed by atoms with Crippen LogP contribution in [0.3, 0.4) is 0 Å². The maximum Gasteiger partial charge on any atom is 0.573 e. The summed E-state index contributed by atoms with van der Waals surface area (Å²) < 4.78 is 39.9. The van der Waals surface area contributed by atoms with Gasteiger partial charge in [-0.3, -0.25) is 0 Å². The van der Waals surface area contributed by atoms with E-state index in [1.807, 2.05) is 13.0 Å². The minimum Gasteiger partial charge on any atom is -0.406 e. The largest absolute Gasteiger partial charge is 0.573 e. The zero-order chi connectivity index (χ0) is 13.4. The van der Waals surface area contributed by atoms with Gasteiger partial charge in [0.2, 0.25) is 0 Å². The van der Waals surface area contributed by atoms with Crippen molar-refractivity contribution in [2.45, 2.75) is 19.7 Å². The van der Waals surface area contributed by atoms with Gasteiger partial charge in [-0.15, -0.1) is 13.2 Å². The van der Waals surface area contributed by atoms with Crippen LogP contribution < -0.4 is 10.1 Å². The standard InChI is InChI=1S/C13H16F3NO/c1-2-17-9-4-3-6-11-7-5-8-12(10-11)18-13(14,15)16/h3,5-8,10,17H,2,4,9H2,1H3. The van der Waals surface area contributed by atoms with Crippen LogP contribution in [0.2, 0.25) is 0 Å². The molecule has 0 atom stereocenters. The van der Waals surface area contributed by atoms with E-state index in [0.29, 0.717) is 5.56 Å². The zero-order valence-corrected chi connectivity index (χ0v) is 10.1. The van der Waals surface area contributed by atoms with Crippen LogP contribution in [0, 0.1) is 0 Å². The minimum absolute atomic E-state index is 0.198. The molecule has 0 fully saturated rings. The highest BCUT2D eigenvalue weighted by Crippen LogP contribution is 2.23. The normalized spacial score (nSPS) is 12.0. The maximum absolute atomic E-state index is 12.0. The first-order valence-electron chi connectivity index (χ1n) is 5.74. The zero-order valence-electron chi connectivity index (χ0n) is 10.1. The van der Waals surface area contributed by atoms with E-state index in [1.165, 1.54) is 18.2 Å². The molecule has 0 aliphatic rings. The SMILES string of the molecule is CCNCCC=Cc1cccc(OC(F)(F)F)c1. The van der Waals surface area contributed by atoms with Gasteiger partial charge in [0.1, 0.15) is 5.75 Å². The molecule has 0 aliphatic carbocycles. The van der Waals surface area contributed by atoms with Crippen LogP contribution in [0.4, 0.5) is 13.2 Å². The lowest BCUT2D eigenvalue weighted by molar-refractivity contribution is -0.274. The van der Waals surface area contributed by atoms with Crippen molar-refractivity contribution in [3.63, 3.8) is 0 Å². The van der Waals surface area contributed by atoms with E-state index in [2.05, 4.69) is 10.1 Å². The highest BCUT2D eigenvalue weighted by molar-refractivity contribution is 5.51. The van der Waals surface area contributed by atoms with Crippen molar-refractivity contribution in [1.82, 2.24) is 5.32 Å². The van der Waals surface area contributed by atoms with Crippen LogP contribution in [-0.4, -0.2) is 19.5 Å². The van der Waals surface area contributed by atoms with Crippen molar-refractivity contribution in [3.05, 3.63) is 35.9 Å². The van der Waals surface area contributed by atoms with Crippen LogP contribution in [0.15, 0.2) is 30.3 Å². The van der Waals surface area contributed by atoms with Gasteiger partial charge in [0.25, 0.3) is 0 Å². The predicted molar refractivity (Wildman–Crippen MR) is 65.3 cm³/mol. The van der Waals surface area contributed by atoms with Crippen molar-refractivity contribution in [1.29, 1.82) is 0 Å². The Kier molecular flexibility index (Phi) is 5.71. The summed E-state index contributed by atoms with van der Waals surface area (Å²) in [6.45, 7) is 3.77. The van der Waals surface area contributed by atoms with E-state index in [-0.39, 0.29) is 5.75 Å². The van der Waals surface area contributed by atoms with Gasteiger partial charge in [0.05, 0.1) is 0 Å². The maximum atomic E-state index is 12.0. The molecule has 0 spiro atoms. The van der Waals surface area contributed by atoms with Gasteiger partial charge in [0, 0.05) is 0 Å². The van der Waals surface area contributed by atoms with Crippen LogP contribution in [-0.2, 0) is 0 Å². The van der Waals surface area contributed by atoms with Gasteiger partial charge < -0.3 is 10.1 Å². The molecule has 0 heterocycles. The Bertz CT molecular complexity index is 388. The first kappa shape index (κ1) is 14.6. The fourth-order valence-corrected chi connectivity index (χ4v) is 1.40. The van der Waals surface area contributed by atoms with Gasteiger partial charge in [-0.1, -0.05) is 31.2 Å². The van der Waals surface area contributed by atoms with E-state index in [1.54, 1.807) is 12.1 Å². The molecular weight excluding hydrogens is 243 g/mol. The van der Waals surface area contributed by atoms with Crippen LogP contribution in [0.5, 0.6) is 5.75 Å². The van der Waals surface area contributed by atoms with Gasteiger partial charge in [0.15, 0.2) is 0 Å². The Hall–Kier alpha value is -1.49. The summed E-state index contributed by atoms with van der Waals surface area (Å²) >= 11 is 0. The Labute approximate surface area is 104 Å². The van der Waals surface area contributed by atoms with E-state index < -0.39 is 6.36 Å². The monoisotopic (exact) mass is 259 g/mol. The Morgan fingerprint density at radius 2 is 2.11 bits per heavy atom. The molecule has 18 heavy (non-hydrogen) atoms. The molecule has 0 bridgehead atoms. The first-order valence-corrected chi connectivity index (χ1v) is 5.74. The summed E-state index contributed by atoms with van der Waals surface area (Å²) in [6.07, 6.45) is -0.123. The second kappa shape index (κ2) is 7.06.